The fourth-order valence-corrected chi connectivity index (χ4v) is 3.02. The fraction of sp³-hybridized carbons (Fsp3) is 0.381. The van der Waals surface area contributed by atoms with Crippen molar-refractivity contribution in [1.29, 1.82) is 0 Å². The Labute approximate surface area is 149 Å². The van der Waals surface area contributed by atoms with Crippen molar-refractivity contribution in [3.8, 4) is 16.9 Å². The van der Waals surface area contributed by atoms with E-state index in [-0.39, 0.29) is 0 Å². The fourth-order valence-electron chi connectivity index (χ4n) is 3.02. The van der Waals surface area contributed by atoms with E-state index in [0.717, 1.165) is 22.4 Å². The van der Waals surface area contributed by atoms with Crippen LogP contribution in [0.4, 0.5) is 0 Å². The lowest BCUT2D eigenvalue weighted by molar-refractivity contribution is -0.149. The van der Waals surface area contributed by atoms with Gasteiger partial charge in [0.1, 0.15) is 5.75 Å². The SMILES string of the molecule is CCC(CC)(CNCc1ccc(-c2ccccc2)cc1OC)C(=O)O. The molecule has 2 rings (SSSR count). The number of aliphatic carboxylic acids is 1. The van der Waals surface area contributed by atoms with E-state index in [1.807, 2.05) is 44.2 Å². The Morgan fingerprint density at radius 1 is 1.08 bits per heavy atom. The molecule has 0 amide bonds. The minimum atomic E-state index is -0.739. The van der Waals surface area contributed by atoms with Crippen molar-refractivity contribution in [2.24, 2.45) is 5.41 Å². The molecule has 4 nitrogen and oxygen atoms in total. The number of benzene rings is 2. The Balaban J connectivity index is 2.11. The number of hydrogen-bond donors (Lipinski definition) is 2. The maximum Gasteiger partial charge on any atom is 0.310 e. The third kappa shape index (κ3) is 4.40. The van der Waals surface area contributed by atoms with Gasteiger partial charge in [0.15, 0.2) is 0 Å². The van der Waals surface area contributed by atoms with E-state index in [4.69, 9.17) is 4.74 Å². The van der Waals surface area contributed by atoms with Gasteiger partial charge in [-0.25, -0.2) is 0 Å². The third-order valence-electron chi connectivity index (χ3n) is 4.98. The Bertz CT molecular complexity index is 694. The molecule has 0 saturated carbocycles. The first-order chi connectivity index (χ1) is 12.1. The molecule has 4 heteroatoms. The first kappa shape index (κ1) is 19.0. The maximum absolute atomic E-state index is 11.6. The first-order valence-corrected chi connectivity index (χ1v) is 8.72. The summed E-state index contributed by atoms with van der Waals surface area (Å²) in [6.07, 6.45) is 1.21. The largest absolute Gasteiger partial charge is 0.496 e. The van der Waals surface area contributed by atoms with Crippen LogP contribution in [0.1, 0.15) is 32.3 Å². The monoisotopic (exact) mass is 341 g/mol. The van der Waals surface area contributed by atoms with Crippen LogP contribution in [-0.2, 0) is 11.3 Å². The Hall–Kier alpha value is -2.33. The van der Waals surface area contributed by atoms with Crippen LogP contribution < -0.4 is 10.1 Å². The van der Waals surface area contributed by atoms with Crippen LogP contribution in [0.2, 0.25) is 0 Å². The molecule has 0 bridgehead atoms. The van der Waals surface area contributed by atoms with Crippen LogP contribution >= 0.6 is 0 Å². The summed E-state index contributed by atoms with van der Waals surface area (Å²) in [5, 5.41) is 12.8. The van der Waals surface area contributed by atoms with E-state index >= 15 is 0 Å². The summed E-state index contributed by atoms with van der Waals surface area (Å²) in [6, 6.07) is 16.3. The number of methoxy groups -OCH3 is 1. The molecule has 2 aromatic rings. The Kier molecular flexibility index (Phi) is 6.59. The lowest BCUT2D eigenvalue weighted by Crippen LogP contribution is -2.40. The number of carboxylic acids is 1. The van der Waals surface area contributed by atoms with Crippen LogP contribution in [0.25, 0.3) is 11.1 Å². The second kappa shape index (κ2) is 8.67. The average Bonchev–Trinajstić information content (AvgIpc) is 2.66. The van der Waals surface area contributed by atoms with Crippen molar-refractivity contribution in [3.05, 3.63) is 54.1 Å². The highest BCUT2D eigenvalue weighted by molar-refractivity contribution is 5.74. The molecule has 0 unspecified atom stereocenters. The molecule has 0 radical (unpaired) electrons. The molecule has 0 aliphatic rings. The lowest BCUT2D eigenvalue weighted by atomic mass is 9.82. The van der Waals surface area contributed by atoms with Gasteiger partial charge in [0, 0.05) is 18.7 Å². The summed E-state index contributed by atoms with van der Waals surface area (Å²) in [5.41, 5.74) is 2.55. The molecule has 0 atom stereocenters. The summed E-state index contributed by atoms with van der Waals surface area (Å²) >= 11 is 0. The first-order valence-electron chi connectivity index (χ1n) is 8.72. The van der Waals surface area contributed by atoms with Crippen molar-refractivity contribution in [2.75, 3.05) is 13.7 Å². The summed E-state index contributed by atoms with van der Waals surface area (Å²) in [5.74, 6) is 0.0687. The van der Waals surface area contributed by atoms with E-state index in [1.165, 1.54) is 0 Å². The maximum atomic E-state index is 11.6. The second-order valence-electron chi connectivity index (χ2n) is 6.29. The van der Waals surface area contributed by atoms with Gasteiger partial charge in [0.2, 0.25) is 0 Å². The highest BCUT2D eigenvalue weighted by atomic mass is 16.5. The second-order valence-corrected chi connectivity index (χ2v) is 6.29. The van der Waals surface area contributed by atoms with Gasteiger partial charge in [-0.05, 0) is 30.0 Å². The molecule has 0 heterocycles. The van der Waals surface area contributed by atoms with E-state index in [9.17, 15) is 9.90 Å². The molecule has 2 aromatic carbocycles. The quantitative estimate of drug-likeness (QED) is 0.712. The predicted molar refractivity (Wildman–Crippen MR) is 101 cm³/mol. The highest BCUT2D eigenvalue weighted by Crippen LogP contribution is 2.28. The molecular weight excluding hydrogens is 314 g/mol. The van der Waals surface area contributed by atoms with Crippen LogP contribution in [-0.4, -0.2) is 24.7 Å². The molecule has 25 heavy (non-hydrogen) atoms. The number of rotatable bonds is 9. The number of ether oxygens (including phenoxy) is 1. The molecule has 0 aromatic heterocycles. The van der Waals surface area contributed by atoms with Gasteiger partial charge in [-0.1, -0.05) is 56.3 Å². The van der Waals surface area contributed by atoms with Crippen molar-refractivity contribution in [1.82, 2.24) is 5.32 Å². The van der Waals surface area contributed by atoms with Crippen molar-refractivity contribution < 1.29 is 14.6 Å². The zero-order valence-corrected chi connectivity index (χ0v) is 15.2. The van der Waals surface area contributed by atoms with Crippen LogP contribution in [0.5, 0.6) is 5.75 Å². The third-order valence-corrected chi connectivity index (χ3v) is 4.98. The zero-order valence-electron chi connectivity index (χ0n) is 15.2. The lowest BCUT2D eigenvalue weighted by Gasteiger charge is -2.27. The molecule has 0 aliphatic heterocycles. The molecule has 0 spiro atoms. The van der Waals surface area contributed by atoms with Gasteiger partial charge in [-0.15, -0.1) is 0 Å². The summed E-state index contributed by atoms with van der Waals surface area (Å²) in [4.78, 5) is 11.6. The van der Waals surface area contributed by atoms with Gasteiger partial charge < -0.3 is 15.2 Å². The minimum absolute atomic E-state index is 0.443. The van der Waals surface area contributed by atoms with E-state index < -0.39 is 11.4 Å². The van der Waals surface area contributed by atoms with E-state index in [0.29, 0.717) is 25.9 Å². The van der Waals surface area contributed by atoms with E-state index in [1.54, 1.807) is 7.11 Å². The van der Waals surface area contributed by atoms with Gasteiger partial charge in [0.05, 0.1) is 12.5 Å². The summed E-state index contributed by atoms with van der Waals surface area (Å²) < 4.78 is 5.53. The molecule has 2 N–H and O–H groups in total. The zero-order chi connectivity index (χ0) is 18.3. The molecular formula is C21H27NO3. The van der Waals surface area contributed by atoms with Crippen molar-refractivity contribution in [2.45, 2.75) is 33.2 Å². The molecule has 0 fully saturated rings. The normalized spacial score (nSPS) is 11.3. The Morgan fingerprint density at radius 2 is 1.76 bits per heavy atom. The van der Waals surface area contributed by atoms with Crippen LogP contribution in [0, 0.1) is 5.41 Å². The summed E-state index contributed by atoms with van der Waals surface area (Å²) in [6.45, 7) is 4.87. The smallest absolute Gasteiger partial charge is 0.310 e. The number of carbonyl (C=O) groups is 1. The summed E-state index contributed by atoms with van der Waals surface area (Å²) in [7, 11) is 1.66. The van der Waals surface area contributed by atoms with Crippen molar-refractivity contribution in [3.63, 3.8) is 0 Å². The van der Waals surface area contributed by atoms with Gasteiger partial charge >= 0.3 is 5.97 Å². The molecule has 0 saturated heterocycles. The number of hydrogen-bond acceptors (Lipinski definition) is 3. The average molecular weight is 341 g/mol. The van der Waals surface area contributed by atoms with Crippen LogP contribution in [0.3, 0.4) is 0 Å². The van der Waals surface area contributed by atoms with Crippen molar-refractivity contribution >= 4 is 5.97 Å². The van der Waals surface area contributed by atoms with Gasteiger partial charge in [-0.3, -0.25) is 4.79 Å². The molecule has 0 aliphatic carbocycles. The van der Waals surface area contributed by atoms with Crippen LogP contribution in [0.15, 0.2) is 48.5 Å². The molecule has 134 valence electrons. The standard InChI is InChI=1S/C21H27NO3/c1-4-21(5-2,20(23)24)15-22-14-18-12-11-17(13-19(18)25-3)16-9-7-6-8-10-16/h6-13,22H,4-5,14-15H2,1-3H3,(H,23,24). The van der Waals surface area contributed by atoms with E-state index in [2.05, 4.69) is 23.5 Å². The number of nitrogens with one attached hydrogen (secondary N) is 1. The van der Waals surface area contributed by atoms with Gasteiger partial charge in [-0.2, -0.15) is 0 Å². The Morgan fingerprint density at radius 3 is 2.32 bits per heavy atom. The predicted octanol–water partition coefficient (Wildman–Crippen LogP) is 4.34. The topological polar surface area (TPSA) is 58.6 Å². The highest BCUT2D eigenvalue weighted by Gasteiger charge is 2.34. The number of carboxylic acid groups (broad SMARTS) is 1. The minimum Gasteiger partial charge on any atom is -0.496 e. The van der Waals surface area contributed by atoms with Gasteiger partial charge in [0.25, 0.3) is 0 Å².